The van der Waals surface area contributed by atoms with Crippen LogP contribution < -0.4 is 4.74 Å². The van der Waals surface area contributed by atoms with Gasteiger partial charge in [0.2, 0.25) is 0 Å². The summed E-state index contributed by atoms with van der Waals surface area (Å²) >= 11 is 6.00. The second kappa shape index (κ2) is 10.9. The molecule has 0 amide bonds. The lowest BCUT2D eigenvalue weighted by atomic mass is 9.74. The molecule has 1 aromatic carbocycles. The van der Waals surface area contributed by atoms with Gasteiger partial charge >= 0.3 is 0 Å². The monoisotopic (exact) mass is 466 g/mol. The first-order chi connectivity index (χ1) is 15.4. The fourth-order valence-electron chi connectivity index (χ4n) is 4.81. The number of fused-ring (bicyclic) bond motifs is 1. The molecular weight excluding hydrogens is 432 g/mol. The fraction of sp³-hybridized carbons (Fsp3) is 0.680. The largest absolute Gasteiger partial charge is 0.491 e. The maximum Gasteiger partial charge on any atom is 0.163 e. The van der Waals surface area contributed by atoms with E-state index in [4.69, 9.17) is 35.3 Å². The Morgan fingerprint density at radius 1 is 1.25 bits per heavy atom. The molecule has 2 aliphatic heterocycles. The van der Waals surface area contributed by atoms with E-state index in [2.05, 4.69) is 6.08 Å². The van der Waals surface area contributed by atoms with Crippen LogP contribution in [0.3, 0.4) is 0 Å². The highest BCUT2D eigenvalue weighted by molar-refractivity contribution is 6.30. The van der Waals surface area contributed by atoms with Crippen LogP contribution >= 0.6 is 11.6 Å². The van der Waals surface area contributed by atoms with Gasteiger partial charge in [0.1, 0.15) is 18.5 Å². The number of aliphatic hydroxyl groups excluding tert-OH is 1. The quantitative estimate of drug-likeness (QED) is 0.586. The molecule has 1 N–H and O–H groups in total. The van der Waals surface area contributed by atoms with Gasteiger partial charge in [-0.25, -0.2) is 0 Å². The van der Waals surface area contributed by atoms with Crippen LogP contribution in [0.25, 0.3) is 0 Å². The molecule has 1 aliphatic carbocycles. The minimum absolute atomic E-state index is 0.00469. The van der Waals surface area contributed by atoms with Crippen molar-refractivity contribution in [2.24, 2.45) is 11.8 Å². The highest BCUT2D eigenvalue weighted by atomic mass is 35.5. The Morgan fingerprint density at radius 3 is 2.91 bits per heavy atom. The van der Waals surface area contributed by atoms with Crippen LogP contribution in [-0.4, -0.2) is 55.3 Å². The van der Waals surface area contributed by atoms with Crippen LogP contribution in [0.15, 0.2) is 36.4 Å². The molecule has 32 heavy (non-hydrogen) atoms. The molecule has 2 saturated heterocycles. The van der Waals surface area contributed by atoms with Gasteiger partial charge in [-0.2, -0.15) is 0 Å². The summed E-state index contributed by atoms with van der Waals surface area (Å²) in [5.41, 5.74) is 0. The molecule has 1 saturated carbocycles. The van der Waals surface area contributed by atoms with Gasteiger partial charge in [-0.3, -0.25) is 0 Å². The summed E-state index contributed by atoms with van der Waals surface area (Å²) in [7, 11) is 0. The molecule has 6 atom stereocenters. The van der Waals surface area contributed by atoms with E-state index >= 15 is 0 Å². The van der Waals surface area contributed by atoms with Crippen molar-refractivity contribution < 1.29 is 28.8 Å². The van der Waals surface area contributed by atoms with Crippen molar-refractivity contribution in [2.75, 3.05) is 19.8 Å². The van der Waals surface area contributed by atoms with Crippen LogP contribution in [-0.2, 0) is 18.9 Å². The molecule has 7 heteroatoms. The van der Waals surface area contributed by atoms with Gasteiger partial charge in [0, 0.05) is 23.5 Å². The molecule has 0 radical (unpaired) electrons. The number of ether oxygens (including phenoxy) is 5. The van der Waals surface area contributed by atoms with E-state index in [-0.39, 0.29) is 36.9 Å². The first kappa shape index (κ1) is 24.0. The summed E-state index contributed by atoms with van der Waals surface area (Å²) in [5.74, 6) is 0.299. The normalized spacial score (nSPS) is 33.6. The van der Waals surface area contributed by atoms with Gasteiger partial charge in [0.05, 0.1) is 18.8 Å². The van der Waals surface area contributed by atoms with Gasteiger partial charge in [-0.05, 0) is 64.2 Å². The summed E-state index contributed by atoms with van der Waals surface area (Å²) in [6.45, 7) is 5.43. The lowest BCUT2D eigenvalue weighted by Crippen LogP contribution is -2.53. The summed E-state index contributed by atoms with van der Waals surface area (Å²) in [5, 5.41) is 11.1. The van der Waals surface area contributed by atoms with Crippen LogP contribution in [0.1, 0.15) is 46.0 Å². The molecular formula is C25H35ClO6. The van der Waals surface area contributed by atoms with Crippen LogP contribution in [0, 0.1) is 11.8 Å². The van der Waals surface area contributed by atoms with E-state index in [1.54, 1.807) is 18.2 Å². The second-order valence-corrected chi connectivity index (χ2v) is 9.81. The Bertz CT molecular complexity index is 763. The van der Waals surface area contributed by atoms with Gasteiger partial charge in [0.15, 0.2) is 12.1 Å². The Morgan fingerprint density at radius 2 is 2.12 bits per heavy atom. The Labute approximate surface area is 195 Å². The smallest absolute Gasteiger partial charge is 0.163 e. The average molecular weight is 467 g/mol. The third-order valence-corrected chi connectivity index (χ3v) is 6.67. The third-order valence-electron chi connectivity index (χ3n) is 6.43. The average Bonchev–Trinajstić information content (AvgIpc) is 2.77. The molecule has 2 unspecified atom stereocenters. The molecule has 3 fully saturated rings. The standard InChI is InChI=1S/C25H35ClO6/c1-25(2)30-16-21-20(10-9-18(27)15-29-19-7-5-6-17(26)14-19)22(11-12-23(21)32-25)31-24-8-3-4-13-28-24/h5-7,9-10,14,18,20-24,27H,3-4,8,11-13,15-16H2,1-2H3/b10-9+/t18?,20-,21-,22-,23+,24?/m1/s1. The lowest BCUT2D eigenvalue weighted by Gasteiger charge is -2.49. The topological polar surface area (TPSA) is 66.4 Å². The third kappa shape index (κ3) is 6.46. The minimum Gasteiger partial charge on any atom is -0.491 e. The van der Waals surface area contributed by atoms with Crippen molar-refractivity contribution >= 4 is 11.6 Å². The minimum atomic E-state index is -0.747. The molecule has 0 aromatic heterocycles. The van der Waals surface area contributed by atoms with Crippen molar-refractivity contribution in [1.82, 2.24) is 0 Å². The summed E-state index contributed by atoms with van der Waals surface area (Å²) < 4.78 is 30.1. The Balaban J connectivity index is 1.41. The van der Waals surface area contributed by atoms with Crippen LogP contribution in [0.4, 0.5) is 0 Å². The van der Waals surface area contributed by atoms with Gasteiger partial charge < -0.3 is 28.8 Å². The second-order valence-electron chi connectivity index (χ2n) is 9.38. The Hall–Kier alpha value is -1.15. The first-order valence-corrected chi connectivity index (χ1v) is 12.1. The fourth-order valence-corrected chi connectivity index (χ4v) is 4.99. The van der Waals surface area contributed by atoms with E-state index in [1.807, 2.05) is 26.0 Å². The Kier molecular flexibility index (Phi) is 8.13. The highest BCUT2D eigenvalue weighted by Crippen LogP contribution is 2.41. The van der Waals surface area contributed by atoms with Crippen molar-refractivity contribution in [3.05, 3.63) is 41.4 Å². The van der Waals surface area contributed by atoms with E-state index in [9.17, 15) is 5.11 Å². The first-order valence-electron chi connectivity index (χ1n) is 11.7. The van der Waals surface area contributed by atoms with Crippen molar-refractivity contribution in [2.45, 2.75) is 76.3 Å². The number of hydrogen-bond acceptors (Lipinski definition) is 6. The molecule has 4 rings (SSSR count). The van der Waals surface area contributed by atoms with Gasteiger partial charge in [-0.1, -0.05) is 29.8 Å². The van der Waals surface area contributed by atoms with E-state index in [0.29, 0.717) is 17.4 Å². The van der Waals surface area contributed by atoms with Crippen LogP contribution in [0.5, 0.6) is 5.75 Å². The zero-order chi connectivity index (χ0) is 22.6. The molecule has 0 bridgehead atoms. The maximum absolute atomic E-state index is 10.5. The number of halogens is 1. The van der Waals surface area contributed by atoms with Gasteiger partial charge in [0.25, 0.3) is 0 Å². The predicted molar refractivity (Wildman–Crippen MR) is 122 cm³/mol. The van der Waals surface area contributed by atoms with Crippen molar-refractivity contribution in [1.29, 1.82) is 0 Å². The molecule has 6 nitrogen and oxygen atoms in total. The van der Waals surface area contributed by atoms with Crippen LogP contribution in [0.2, 0.25) is 5.02 Å². The van der Waals surface area contributed by atoms with Gasteiger partial charge in [-0.15, -0.1) is 0 Å². The molecule has 178 valence electrons. The number of aliphatic hydroxyl groups is 1. The number of benzene rings is 1. The molecule has 1 aromatic rings. The number of hydrogen-bond donors (Lipinski definition) is 1. The summed E-state index contributed by atoms with van der Waals surface area (Å²) in [6.07, 6.45) is 8.04. The predicted octanol–water partition coefficient (Wildman–Crippen LogP) is 4.73. The highest BCUT2D eigenvalue weighted by Gasteiger charge is 2.46. The van der Waals surface area contributed by atoms with Crippen molar-refractivity contribution in [3.8, 4) is 5.75 Å². The molecule has 2 heterocycles. The molecule has 3 aliphatic rings. The molecule has 0 spiro atoms. The summed E-state index contributed by atoms with van der Waals surface area (Å²) in [6, 6.07) is 7.16. The maximum atomic E-state index is 10.5. The summed E-state index contributed by atoms with van der Waals surface area (Å²) in [4.78, 5) is 0. The zero-order valence-corrected chi connectivity index (χ0v) is 19.7. The van der Waals surface area contributed by atoms with E-state index in [0.717, 1.165) is 38.7 Å². The van der Waals surface area contributed by atoms with E-state index < -0.39 is 11.9 Å². The number of rotatable bonds is 7. The lowest BCUT2D eigenvalue weighted by molar-refractivity contribution is -0.314. The zero-order valence-electron chi connectivity index (χ0n) is 19.0. The van der Waals surface area contributed by atoms with E-state index in [1.165, 1.54) is 0 Å². The van der Waals surface area contributed by atoms with Crippen molar-refractivity contribution in [3.63, 3.8) is 0 Å². The SMILES string of the molecule is CC1(C)OC[C@@H]2[C@@H](/C=C/C(O)COc3cccc(Cl)c3)[C@H](OC3CCCCO3)CC[C@@H]2O1.